The summed E-state index contributed by atoms with van der Waals surface area (Å²) in [6.07, 6.45) is 1.74. The first kappa shape index (κ1) is 17.8. The molecule has 0 fully saturated rings. The van der Waals surface area contributed by atoms with Crippen molar-refractivity contribution >= 4 is 21.6 Å². The Morgan fingerprint density at radius 2 is 1.52 bits per heavy atom. The summed E-state index contributed by atoms with van der Waals surface area (Å²) in [5.74, 6) is 0.725. The Bertz CT molecular complexity index is 745. The van der Waals surface area contributed by atoms with Gasteiger partial charge in [0.1, 0.15) is 0 Å². The molecule has 0 N–H and O–H groups in total. The van der Waals surface area contributed by atoms with Crippen LogP contribution in [-0.4, -0.2) is 19.9 Å². The number of hydrogen-bond donors (Lipinski definition) is 0. The van der Waals surface area contributed by atoms with Gasteiger partial charge in [0.15, 0.2) is 9.84 Å². The molecule has 0 saturated heterocycles. The van der Waals surface area contributed by atoms with Crippen LogP contribution in [0.25, 0.3) is 0 Å². The molecule has 0 aliphatic heterocycles. The van der Waals surface area contributed by atoms with Crippen LogP contribution in [0.5, 0.6) is 0 Å². The minimum Gasteiger partial charge on any atom is -0.224 e. The van der Waals surface area contributed by atoms with Crippen LogP contribution >= 0.6 is 11.8 Å². The average Bonchev–Trinajstić information content (AvgIpc) is 2.53. The first-order valence-electron chi connectivity index (χ1n) is 7.52. The zero-order valence-corrected chi connectivity index (χ0v) is 15.2. The van der Waals surface area contributed by atoms with E-state index in [0.717, 1.165) is 10.5 Å². The van der Waals surface area contributed by atoms with Crippen LogP contribution in [0.3, 0.4) is 0 Å². The lowest BCUT2D eigenvalue weighted by Crippen LogP contribution is -2.16. The Kier molecular flexibility index (Phi) is 6.08. The van der Waals surface area contributed by atoms with E-state index in [0.29, 0.717) is 10.6 Å². The molecule has 0 spiro atoms. The van der Waals surface area contributed by atoms with Crippen LogP contribution in [0.4, 0.5) is 0 Å². The quantitative estimate of drug-likeness (QED) is 0.539. The Balaban J connectivity index is 2.02. The highest BCUT2D eigenvalue weighted by atomic mass is 32.2. The summed E-state index contributed by atoms with van der Waals surface area (Å²) in [7, 11) is -3.28. The van der Waals surface area contributed by atoms with Gasteiger partial charge in [0.2, 0.25) is 0 Å². The summed E-state index contributed by atoms with van der Waals surface area (Å²) in [5.41, 5.74) is 2.27. The van der Waals surface area contributed by atoms with Crippen molar-refractivity contribution < 1.29 is 8.42 Å². The third-order valence-electron chi connectivity index (χ3n) is 3.63. The largest absolute Gasteiger partial charge is 0.224 e. The maximum absolute atomic E-state index is 12.5. The van der Waals surface area contributed by atoms with Crippen molar-refractivity contribution in [2.24, 2.45) is 5.92 Å². The van der Waals surface area contributed by atoms with Gasteiger partial charge in [-0.2, -0.15) is 0 Å². The van der Waals surface area contributed by atoms with Crippen molar-refractivity contribution in [2.45, 2.75) is 23.6 Å². The Hall–Kier alpha value is -1.52. The fraction of sp³-hybridized carbons (Fsp3) is 0.263. The monoisotopic (exact) mass is 346 g/mol. The van der Waals surface area contributed by atoms with Crippen molar-refractivity contribution in [3.8, 4) is 0 Å². The summed E-state index contributed by atoms with van der Waals surface area (Å²) in [4.78, 5) is 1.53. The number of aryl methyl sites for hydroxylation is 2. The maximum Gasteiger partial charge on any atom is 0.178 e. The van der Waals surface area contributed by atoms with Crippen molar-refractivity contribution in [3.63, 3.8) is 0 Å². The second-order valence-electron chi connectivity index (χ2n) is 5.71. The number of rotatable bonds is 7. The summed E-state index contributed by atoms with van der Waals surface area (Å²) < 4.78 is 25.0. The minimum absolute atomic E-state index is 0.0763. The van der Waals surface area contributed by atoms with Crippen LogP contribution < -0.4 is 0 Å². The maximum atomic E-state index is 12.5. The van der Waals surface area contributed by atoms with Crippen LogP contribution in [0.1, 0.15) is 11.1 Å². The molecular formula is C19H22O2S2. The minimum atomic E-state index is -3.28. The first-order chi connectivity index (χ1) is 10.9. The lowest BCUT2D eigenvalue weighted by Gasteiger charge is -2.13. The van der Waals surface area contributed by atoms with E-state index in [9.17, 15) is 8.42 Å². The number of benzene rings is 2. The van der Waals surface area contributed by atoms with Gasteiger partial charge in [-0.1, -0.05) is 41.5 Å². The van der Waals surface area contributed by atoms with E-state index in [1.807, 2.05) is 19.1 Å². The van der Waals surface area contributed by atoms with Gasteiger partial charge in [0.25, 0.3) is 0 Å². The summed E-state index contributed by atoms with van der Waals surface area (Å²) in [6.45, 7) is 7.80. The Morgan fingerprint density at radius 3 is 2.04 bits per heavy atom. The molecule has 1 unspecified atom stereocenters. The molecule has 0 aliphatic rings. The van der Waals surface area contributed by atoms with Crippen molar-refractivity contribution in [1.29, 1.82) is 0 Å². The third kappa shape index (κ3) is 5.26. The van der Waals surface area contributed by atoms with E-state index in [1.165, 1.54) is 5.56 Å². The molecule has 2 nitrogen and oxygen atoms in total. The summed E-state index contributed by atoms with van der Waals surface area (Å²) in [6, 6.07) is 15.3. The topological polar surface area (TPSA) is 34.1 Å². The Labute approximate surface area is 143 Å². The van der Waals surface area contributed by atoms with Crippen LogP contribution in [-0.2, 0) is 9.84 Å². The predicted octanol–water partition coefficient (Wildman–Crippen LogP) is 4.67. The SMILES string of the molecule is C=CC(CSc1ccc(C)cc1)CS(=O)(=O)c1ccc(C)cc1. The van der Waals surface area contributed by atoms with Gasteiger partial charge in [-0.15, -0.1) is 18.3 Å². The summed E-state index contributed by atoms with van der Waals surface area (Å²) >= 11 is 1.66. The lowest BCUT2D eigenvalue weighted by molar-refractivity contribution is 0.589. The van der Waals surface area contributed by atoms with E-state index < -0.39 is 9.84 Å². The van der Waals surface area contributed by atoms with Gasteiger partial charge in [0, 0.05) is 16.6 Å². The summed E-state index contributed by atoms with van der Waals surface area (Å²) in [5, 5.41) is 0. The molecule has 0 bridgehead atoms. The van der Waals surface area contributed by atoms with E-state index in [-0.39, 0.29) is 11.7 Å². The smallest absolute Gasteiger partial charge is 0.178 e. The second-order valence-corrected chi connectivity index (χ2v) is 8.84. The van der Waals surface area contributed by atoms with E-state index >= 15 is 0 Å². The van der Waals surface area contributed by atoms with E-state index in [4.69, 9.17) is 0 Å². The lowest BCUT2D eigenvalue weighted by atomic mass is 10.2. The van der Waals surface area contributed by atoms with Crippen molar-refractivity contribution in [3.05, 3.63) is 72.3 Å². The highest BCUT2D eigenvalue weighted by Crippen LogP contribution is 2.24. The molecule has 2 rings (SSSR count). The molecule has 122 valence electrons. The number of allylic oxidation sites excluding steroid dienone is 1. The standard InChI is InChI=1S/C19H22O2S2/c1-4-17(13-22-18-9-5-15(2)6-10-18)14-23(20,21)19-11-7-16(3)8-12-19/h4-12,17H,1,13-14H2,2-3H3. The van der Waals surface area contributed by atoms with Gasteiger partial charge < -0.3 is 0 Å². The molecule has 1 atom stereocenters. The van der Waals surface area contributed by atoms with Crippen molar-refractivity contribution in [1.82, 2.24) is 0 Å². The molecule has 0 aromatic heterocycles. The van der Waals surface area contributed by atoms with Crippen LogP contribution in [0.15, 0.2) is 71.0 Å². The Morgan fingerprint density at radius 1 is 1.00 bits per heavy atom. The molecule has 2 aromatic carbocycles. The number of thioether (sulfide) groups is 1. The van der Waals surface area contributed by atoms with E-state index in [2.05, 4.69) is 37.8 Å². The molecule has 23 heavy (non-hydrogen) atoms. The van der Waals surface area contributed by atoms with Crippen molar-refractivity contribution in [2.75, 3.05) is 11.5 Å². The van der Waals surface area contributed by atoms with Gasteiger partial charge in [-0.3, -0.25) is 0 Å². The first-order valence-corrected chi connectivity index (χ1v) is 10.2. The molecule has 0 heterocycles. The zero-order chi connectivity index (χ0) is 16.9. The van der Waals surface area contributed by atoms with Gasteiger partial charge in [0.05, 0.1) is 10.6 Å². The third-order valence-corrected chi connectivity index (χ3v) is 6.69. The average molecular weight is 347 g/mol. The van der Waals surface area contributed by atoms with Crippen LogP contribution in [0.2, 0.25) is 0 Å². The molecule has 0 saturated carbocycles. The highest BCUT2D eigenvalue weighted by molar-refractivity contribution is 7.99. The second kappa shape index (κ2) is 7.84. The predicted molar refractivity (Wildman–Crippen MR) is 98.8 cm³/mol. The number of hydrogen-bond acceptors (Lipinski definition) is 3. The van der Waals surface area contributed by atoms with Crippen LogP contribution in [0, 0.1) is 19.8 Å². The van der Waals surface area contributed by atoms with Gasteiger partial charge in [-0.05, 0) is 38.1 Å². The fourth-order valence-electron chi connectivity index (χ4n) is 2.15. The zero-order valence-electron chi connectivity index (χ0n) is 13.5. The van der Waals surface area contributed by atoms with E-state index in [1.54, 1.807) is 30.0 Å². The van der Waals surface area contributed by atoms with Gasteiger partial charge in [-0.25, -0.2) is 8.42 Å². The molecule has 2 aromatic rings. The highest BCUT2D eigenvalue weighted by Gasteiger charge is 2.19. The molecule has 0 amide bonds. The molecular weight excluding hydrogens is 324 g/mol. The van der Waals surface area contributed by atoms with Gasteiger partial charge >= 0.3 is 0 Å². The fourth-order valence-corrected chi connectivity index (χ4v) is 4.84. The number of sulfone groups is 1. The molecule has 4 heteroatoms. The molecule has 0 radical (unpaired) electrons. The normalized spacial score (nSPS) is 12.8. The molecule has 0 aliphatic carbocycles.